The first-order valence-electron chi connectivity index (χ1n) is 5.09. The smallest absolute Gasteiger partial charge is 0.311 e. The molecule has 1 N–H and O–H groups in total. The fourth-order valence-electron chi connectivity index (χ4n) is 1.87. The van der Waals surface area contributed by atoms with Crippen molar-refractivity contribution in [1.29, 1.82) is 0 Å². The van der Waals surface area contributed by atoms with Gasteiger partial charge in [-0.25, -0.2) is 0 Å². The van der Waals surface area contributed by atoms with Crippen LogP contribution in [-0.4, -0.2) is 21.3 Å². The standard InChI is InChI=1S/C12H8N2O3.ClH/c15-11(16)5-10-8-6-13-14-12(8)7-3-1-2-4-9(7)17-10;/h1-4,6H,5H2,(H,15,16);1H. The van der Waals surface area contributed by atoms with Gasteiger partial charge in [0.1, 0.15) is 23.5 Å². The number of nitrogens with zero attached hydrogens (tertiary/aromatic N) is 2. The number of hydrogen-bond acceptors (Lipinski definition) is 4. The molecule has 92 valence electrons. The number of carboxylic acid groups (broad SMARTS) is 1. The van der Waals surface area contributed by atoms with Gasteiger partial charge in [-0.05, 0) is 12.1 Å². The highest BCUT2D eigenvalue weighted by Crippen LogP contribution is 2.32. The molecular formula is C12H9ClN2O3. The molecule has 0 radical (unpaired) electrons. The van der Waals surface area contributed by atoms with E-state index in [1.807, 2.05) is 18.2 Å². The molecule has 0 atom stereocenters. The average Bonchev–Trinajstić information content (AvgIpc) is 2.78. The van der Waals surface area contributed by atoms with Crippen molar-refractivity contribution in [3.8, 4) is 11.3 Å². The number of rotatable bonds is 2. The molecule has 0 saturated carbocycles. The molecule has 0 spiro atoms. The summed E-state index contributed by atoms with van der Waals surface area (Å²) in [7, 11) is 0. The van der Waals surface area contributed by atoms with Crippen molar-refractivity contribution in [2.75, 3.05) is 0 Å². The van der Waals surface area contributed by atoms with E-state index in [1.54, 1.807) is 6.07 Å². The quantitative estimate of drug-likeness (QED) is 0.769. The molecule has 2 heterocycles. The fraction of sp³-hybridized carbons (Fsp3) is 0.0833. The predicted molar refractivity (Wildman–Crippen MR) is 67.0 cm³/mol. The maximum absolute atomic E-state index is 10.8. The third kappa shape index (κ3) is 1.89. The molecule has 2 aliphatic rings. The number of halogens is 1. The van der Waals surface area contributed by atoms with Gasteiger partial charge < -0.3 is 9.52 Å². The number of aromatic nitrogens is 2. The van der Waals surface area contributed by atoms with Gasteiger partial charge in [0.25, 0.3) is 0 Å². The van der Waals surface area contributed by atoms with Gasteiger partial charge in [-0.1, -0.05) is 12.1 Å². The van der Waals surface area contributed by atoms with Gasteiger partial charge in [-0.2, -0.15) is 5.10 Å². The Morgan fingerprint density at radius 3 is 2.89 bits per heavy atom. The minimum atomic E-state index is -0.938. The molecule has 0 aliphatic carbocycles. The normalized spacial score (nSPS) is 10.4. The molecule has 3 rings (SSSR count). The lowest BCUT2D eigenvalue weighted by Gasteiger charge is -2.07. The van der Waals surface area contributed by atoms with Crippen molar-refractivity contribution < 1.29 is 14.3 Å². The summed E-state index contributed by atoms with van der Waals surface area (Å²) in [5.74, 6) is -0.553. The van der Waals surface area contributed by atoms with Crippen LogP contribution in [0.2, 0.25) is 0 Å². The maximum Gasteiger partial charge on any atom is 0.311 e. The fourth-order valence-corrected chi connectivity index (χ4v) is 1.87. The van der Waals surface area contributed by atoms with Gasteiger partial charge in [-0.3, -0.25) is 4.79 Å². The Bertz CT molecular complexity index is 680. The molecule has 0 aromatic heterocycles. The van der Waals surface area contributed by atoms with Crippen LogP contribution in [0.5, 0.6) is 0 Å². The molecule has 1 aromatic rings. The first-order valence-corrected chi connectivity index (χ1v) is 5.09. The highest BCUT2D eigenvalue weighted by Gasteiger charge is 2.19. The van der Waals surface area contributed by atoms with Crippen LogP contribution in [0.15, 0.2) is 34.9 Å². The summed E-state index contributed by atoms with van der Waals surface area (Å²) in [4.78, 5) is 10.8. The van der Waals surface area contributed by atoms with Gasteiger partial charge in [0.15, 0.2) is 0 Å². The second kappa shape index (κ2) is 4.62. The van der Waals surface area contributed by atoms with Crippen molar-refractivity contribution in [1.82, 2.24) is 10.2 Å². The zero-order valence-electron chi connectivity index (χ0n) is 9.16. The Labute approximate surface area is 108 Å². The molecule has 0 fully saturated rings. The van der Waals surface area contributed by atoms with E-state index in [9.17, 15) is 4.79 Å². The lowest BCUT2D eigenvalue weighted by atomic mass is 10.1. The van der Waals surface area contributed by atoms with Gasteiger partial charge in [0.05, 0.1) is 11.8 Å². The minimum absolute atomic E-state index is 0. The number of aliphatic carboxylic acids is 1. The van der Waals surface area contributed by atoms with Crippen molar-refractivity contribution >= 4 is 29.3 Å². The first kappa shape index (κ1) is 12.3. The van der Waals surface area contributed by atoms with E-state index >= 15 is 0 Å². The monoisotopic (exact) mass is 264 g/mol. The zero-order chi connectivity index (χ0) is 11.8. The lowest BCUT2D eigenvalue weighted by molar-refractivity contribution is -0.136. The van der Waals surface area contributed by atoms with Crippen LogP contribution in [0.25, 0.3) is 22.2 Å². The maximum atomic E-state index is 10.8. The molecule has 1 aromatic carbocycles. The van der Waals surface area contributed by atoms with Crippen LogP contribution in [0, 0.1) is 0 Å². The van der Waals surface area contributed by atoms with Crippen LogP contribution in [-0.2, 0) is 11.2 Å². The summed E-state index contributed by atoms with van der Waals surface area (Å²) in [6.07, 6.45) is 1.36. The van der Waals surface area contributed by atoms with E-state index in [0.29, 0.717) is 22.6 Å². The third-order valence-corrected chi connectivity index (χ3v) is 2.59. The highest BCUT2D eigenvalue weighted by molar-refractivity contribution is 5.93. The number of fused-ring (bicyclic) bond motifs is 3. The van der Waals surface area contributed by atoms with Crippen molar-refractivity contribution in [2.24, 2.45) is 0 Å². The summed E-state index contributed by atoms with van der Waals surface area (Å²) < 4.78 is 5.58. The predicted octanol–water partition coefficient (Wildman–Crippen LogP) is 2.38. The highest BCUT2D eigenvalue weighted by atomic mass is 35.5. The van der Waals surface area contributed by atoms with Crippen LogP contribution in [0.4, 0.5) is 0 Å². The number of hydrogen-bond donors (Lipinski definition) is 1. The molecular weight excluding hydrogens is 256 g/mol. The van der Waals surface area contributed by atoms with E-state index in [-0.39, 0.29) is 18.8 Å². The van der Waals surface area contributed by atoms with Crippen LogP contribution < -0.4 is 0 Å². The molecule has 0 unspecified atom stereocenters. The lowest BCUT2D eigenvalue weighted by Crippen LogP contribution is -2.02. The summed E-state index contributed by atoms with van der Waals surface area (Å²) in [5, 5.41) is 17.5. The zero-order valence-corrected chi connectivity index (χ0v) is 9.98. The van der Waals surface area contributed by atoms with Crippen LogP contribution in [0.3, 0.4) is 0 Å². The molecule has 6 heteroatoms. The number of para-hydroxylation sites is 1. The van der Waals surface area contributed by atoms with Gasteiger partial charge in [0.2, 0.25) is 0 Å². The van der Waals surface area contributed by atoms with Gasteiger partial charge in [-0.15, -0.1) is 17.5 Å². The molecule has 0 bridgehead atoms. The van der Waals surface area contributed by atoms with Crippen molar-refractivity contribution in [3.05, 3.63) is 36.2 Å². The third-order valence-electron chi connectivity index (χ3n) is 2.59. The number of benzene rings is 1. The molecule has 2 aliphatic heterocycles. The van der Waals surface area contributed by atoms with Crippen molar-refractivity contribution in [2.45, 2.75) is 6.42 Å². The molecule has 5 nitrogen and oxygen atoms in total. The van der Waals surface area contributed by atoms with Crippen LogP contribution >= 0.6 is 12.4 Å². The van der Waals surface area contributed by atoms with E-state index in [1.165, 1.54) is 6.20 Å². The number of carboxylic acids is 1. The van der Waals surface area contributed by atoms with Gasteiger partial charge >= 0.3 is 5.97 Å². The Kier molecular flexibility index (Phi) is 3.16. The average molecular weight is 265 g/mol. The Morgan fingerprint density at radius 1 is 1.33 bits per heavy atom. The Balaban J connectivity index is 0.00000120. The topological polar surface area (TPSA) is 76.2 Å². The summed E-state index contributed by atoms with van der Waals surface area (Å²) in [6.45, 7) is 0. The van der Waals surface area contributed by atoms with E-state index in [0.717, 1.165) is 5.39 Å². The van der Waals surface area contributed by atoms with Crippen LogP contribution in [0.1, 0.15) is 5.76 Å². The van der Waals surface area contributed by atoms with Gasteiger partial charge in [0, 0.05) is 5.39 Å². The van der Waals surface area contributed by atoms with E-state index in [2.05, 4.69) is 10.2 Å². The second-order valence-corrected chi connectivity index (χ2v) is 3.70. The second-order valence-electron chi connectivity index (χ2n) is 3.70. The summed E-state index contributed by atoms with van der Waals surface area (Å²) in [6, 6.07) is 7.37. The SMILES string of the molecule is Cl.O=C(O)Cc1oc2ccccc2c2nncc1-2. The minimum Gasteiger partial charge on any atom is -0.481 e. The molecule has 18 heavy (non-hydrogen) atoms. The molecule has 0 amide bonds. The van der Waals surface area contributed by atoms with Crippen molar-refractivity contribution in [3.63, 3.8) is 0 Å². The largest absolute Gasteiger partial charge is 0.481 e. The Hall–Kier alpha value is -2.14. The Morgan fingerprint density at radius 2 is 2.11 bits per heavy atom. The number of carbonyl (C=O) groups is 1. The molecule has 0 saturated heterocycles. The summed E-state index contributed by atoms with van der Waals surface area (Å²) in [5.41, 5.74) is 1.96. The van der Waals surface area contributed by atoms with E-state index in [4.69, 9.17) is 9.52 Å². The summed E-state index contributed by atoms with van der Waals surface area (Å²) >= 11 is 0. The first-order chi connectivity index (χ1) is 8.25. The van der Waals surface area contributed by atoms with E-state index < -0.39 is 5.97 Å².